The highest BCUT2D eigenvalue weighted by Gasteiger charge is 2.09. The second-order valence-corrected chi connectivity index (χ2v) is 6.49. The summed E-state index contributed by atoms with van der Waals surface area (Å²) >= 11 is 3.23. The Balaban J connectivity index is 1.49. The molecule has 2 heterocycles. The molecule has 3 rings (SSSR count). The molecular weight excluding hydrogens is 304 g/mol. The van der Waals surface area contributed by atoms with E-state index in [9.17, 15) is 5.11 Å². The van der Waals surface area contributed by atoms with Gasteiger partial charge in [-0.05, 0) is 35.8 Å². The molecule has 0 saturated heterocycles. The molecular formula is C15H14N2O2S2. The minimum atomic E-state index is 0.334. The molecule has 0 unspecified atom stereocenters. The van der Waals surface area contributed by atoms with Crippen LogP contribution in [-0.4, -0.2) is 21.0 Å². The Bertz CT molecular complexity index is 695. The minimum Gasteiger partial charge on any atom is -0.507 e. The highest BCUT2D eigenvalue weighted by atomic mass is 32.2. The fourth-order valence-electron chi connectivity index (χ4n) is 1.85. The molecule has 4 nitrogen and oxygen atoms in total. The first-order valence-electron chi connectivity index (χ1n) is 6.60. The third-order valence-corrected chi connectivity index (χ3v) is 4.88. The van der Waals surface area contributed by atoms with Crippen LogP contribution in [0.25, 0.3) is 10.7 Å². The predicted molar refractivity (Wildman–Crippen MR) is 84.8 cm³/mol. The molecule has 0 aliphatic heterocycles. The minimum absolute atomic E-state index is 0.334. The van der Waals surface area contributed by atoms with Crippen LogP contribution in [0.3, 0.4) is 0 Å². The summed E-state index contributed by atoms with van der Waals surface area (Å²) in [5.74, 6) is 2.55. The number of thiophene rings is 1. The first-order valence-corrected chi connectivity index (χ1v) is 8.47. The van der Waals surface area contributed by atoms with Crippen LogP contribution in [0.2, 0.25) is 0 Å². The zero-order valence-corrected chi connectivity index (χ0v) is 12.9. The van der Waals surface area contributed by atoms with Gasteiger partial charge in [-0.15, -0.1) is 23.1 Å². The first-order chi connectivity index (χ1) is 10.3. The molecule has 0 bridgehead atoms. The van der Waals surface area contributed by atoms with E-state index in [2.05, 4.69) is 10.1 Å². The van der Waals surface area contributed by atoms with Gasteiger partial charge in [0.2, 0.25) is 11.7 Å². The number of aromatic nitrogens is 2. The van der Waals surface area contributed by atoms with Crippen molar-refractivity contribution in [1.82, 2.24) is 10.1 Å². The van der Waals surface area contributed by atoms with E-state index in [4.69, 9.17) is 4.52 Å². The number of hydrogen-bond acceptors (Lipinski definition) is 6. The van der Waals surface area contributed by atoms with Crippen LogP contribution in [0, 0.1) is 0 Å². The number of phenols is 1. The van der Waals surface area contributed by atoms with E-state index in [0.29, 0.717) is 17.5 Å². The Morgan fingerprint density at radius 2 is 2.10 bits per heavy atom. The predicted octanol–water partition coefficient (Wildman–Crippen LogP) is 4.23. The quantitative estimate of drug-likeness (QED) is 0.544. The van der Waals surface area contributed by atoms with Gasteiger partial charge in [0.1, 0.15) is 5.75 Å². The standard InChI is InChI=1S/C15H14N2O2S2/c18-11-5-1-2-6-12(11)20-10-4-8-14-16-15(17-19-14)13-7-3-9-21-13/h1-3,5-7,9,18H,4,8,10H2. The monoisotopic (exact) mass is 318 g/mol. The topological polar surface area (TPSA) is 59.2 Å². The van der Waals surface area contributed by atoms with Crippen LogP contribution in [0.15, 0.2) is 51.2 Å². The molecule has 21 heavy (non-hydrogen) atoms. The summed E-state index contributed by atoms with van der Waals surface area (Å²) in [6, 6.07) is 11.3. The molecule has 1 aromatic carbocycles. The molecule has 0 atom stereocenters. The van der Waals surface area contributed by atoms with Crippen LogP contribution >= 0.6 is 23.1 Å². The van der Waals surface area contributed by atoms with Crippen molar-refractivity contribution in [1.29, 1.82) is 0 Å². The lowest BCUT2D eigenvalue weighted by molar-refractivity contribution is 0.378. The van der Waals surface area contributed by atoms with Crippen molar-refractivity contribution >= 4 is 23.1 Å². The number of rotatable bonds is 6. The molecule has 1 N–H and O–H groups in total. The van der Waals surface area contributed by atoms with Crippen molar-refractivity contribution in [3.05, 3.63) is 47.7 Å². The molecule has 108 valence electrons. The van der Waals surface area contributed by atoms with E-state index >= 15 is 0 Å². The van der Waals surface area contributed by atoms with Crippen LogP contribution < -0.4 is 0 Å². The zero-order valence-electron chi connectivity index (χ0n) is 11.2. The fourth-order valence-corrected chi connectivity index (χ4v) is 3.40. The maximum absolute atomic E-state index is 9.68. The largest absolute Gasteiger partial charge is 0.507 e. The summed E-state index contributed by atoms with van der Waals surface area (Å²) in [5.41, 5.74) is 0. The van der Waals surface area contributed by atoms with Gasteiger partial charge in [0, 0.05) is 11.3 Å². The number of hydrogen-bond donors (Lipinski definition) is 1. The van der Waals surface area contributed by atoms with E-state index in [-0.39, 0.29) is 0 Å². The lowest BCUT2D eigenvalue weighted by Gasteiger charge is -2.02. The van der Waals surface area contributed by atoms with Crippen molar-refractivity contribution in [2.75, 3.05) is 5.75 Å². The molecule has 0 aliphatic carbocycles. The van der Waals surface area contributed by atoms with Gasteiger partial charge in [0.05, 0.1) is 4.88 Å². The highest BCUT2D eigenvalue weighted by molar-refractivity contribution is 7.99. The summed E-state index contributed by atoms with van der Waals surface area (Å²) in [5, 5.41) is 15.7. The maximum atomic E-state index is 9.68. The van der Waals surface area contributed by atoms with E-state index in [1.807, 2.05) is 35.7 Å². The Kier molecular flexibility index (Phi) is 4.57. The molecule has 0 amide bonds. The molecule has 3 aromatic rings. The molecule has 0 radical (unpaired) electrons. The number of para-hydroxylation sites is 1. The van der Waals surface area contributed by atoms with E-state index < -0.39 is 0 Å². The van der Waals surface area contributed by atoms with E-state index in [0.717, 1.165) is 28.4 Å². The number of benzene rings is 1. The van der Waals surface area contributed by atoms with Gasteiger partial charge >= 0.3 is 0 Å². The molecule has 0 saturated carbocycles. The van der Waals surface area contributed by atoms with Gasteiger partial charge in [-0.3, -0.25) is 0 Å². The molecule has 0 fully saturated rings. The Hall–Kier alpha value is -1.79. The number of aromatic hydroxyl groups is 1. The van der Waals surface area contributed by atoms with Gasteiger partial charge < -0.3 is 9.63 Å². The van der Waals surface area contributed by atoms with Crippen LogP contribution in [0.4, 0.5) is 0 Å². The van der Waals surface area contributed by atoms with Gasteiger partial charge in [0.25, 0.3) is 0 Å². The van der Waals surface area contributed by atoms with Crippen LogP contribution in [0.1, 0.15) is 12.3 Å². The average molecular weight is 318 g/mol. The molecule has 2 aromatic heterocycles. The van der Waals surface area contributed by atoms with Gasteiger partial charge in [0.15, 0.2) is 0 Å². The van der Waals surface area contributed by atoms with Crippen LogP contribution in [0.5, 0.6) is 5.75 Å². The van der Waals surface area contributed by atoms with Crippen molar-refractivity contribution in [3.63, 3.8) is 0 Å². The lowest BCUT2D eigenvalue weighted by atomic mass is 10.3. The average Bonchev–Trinajstić information content (AvgIpc) is 3.16. The van der Waals surface area contributed by atoms with Gasteiger partial charge in [-0.1, -0.05) is 23.4 Å². The normalized spacial score (nSPS) is 10.9. The summed E-state index contributed by atoms with van der Waals surface area (Å²) in [4.78, 5) is 6.32. The fraction of sp³-hybridized carbons (Fsp3) is 0.200. The van der Waals surface area contributed by atoms with E-state index in [1.54, 1.807) is 29.2 Å². The van der Waals surface area contributed by atoms with Crippen molar-refractivity contribution in [3.8, 4) is 16.5 Å². The summed E-state index contributed by atoms with van der Waals surface area (Å²) < 4.78 is 5.25. The zero-order chi connectivity index (χ0) is 14.5. The van der Waals surface area contributed by atoms with Gasteiger partial charge in [-0.2, -0.15) is 4.98 Å². The summed E-state index contributed by atoms with van der Waals surface area (Å²) in [6.07, 6.45) is 1.67. The Morgan fingerprint density at radius 1 is 1.19 bits per heavy atom. The second kappa shape index (κ2) is 6.78. The molecule has 0 spiro atoms. The SMILES string of the molecule is Oc1ccccc1SCCCc1nc(-c2cccs2)no1. The summed E-state index contributed by atoms with van der Waals surface area (Å²) in [7, 11) is 0. The Labute approximate surface area is 130 Å². The molecule has 0 aliphatic rings. The number of aryl methyl sites for hydroxylation is 1. The number of nitrogens with zero attached hydrogens (tertiary/aromatic N) is 2. The Morgan fingerprint density at radius 3 is 2.90 bits per heavy atom. The number of phenolic OH excluding ortho intramolecular Hbond substituents is 1. The highest BCUT2D eigenvalue weighted by Crippen LogP contribution is 2.28. The first kappa shape index (κ1) is 14.2. The smallest absolute Gasteiger partial charge is 0.227 e. The van der Waals surface area contributed by atoms with Crippen molar-refractivity contribution < 1.29 is 9.63 Å². The van der Waals surface area contributed by atoms with E-state index in [1.165, 1.54) is 0 Å². The van der Waals surface area contributed by atoms with Gasteiger partial charge in [-0.25, -0.2) is 0 Å². The summed E-state index contributed by atoms with van der Waals surface area (Å²) in [6.45, 7) is 0. The van der Waals surface area contributed by atoms with Crippen molar-refractivity contribution in [2.45, 2.75) is 17.7 Å². The third kappa shape index (κ3) is 3.65. The lowest BCUT2D eigenvalue weighted by Crippen LogP contribution is -1.88. The molecule has 6 heteroatoms. The number of thioether (sulfide) groups is 1. The third-order valence-electron chi connectivity index (χ3n) is 2.87. The van der Waals surface area contributed by atoms with Crippen molar-refractivity contribution in [2.24, 2.45) is 0 Å². The second-order valence-electron chi connectivity index (χ2n) is 4.41. The maximum Gasteiger partial charge on any atom is 0.227 e. The van der Waals surface area contributed by atoms with Crippen LogP contribution in [-0.2, 0) is 6.42 Å².